The number of rotatable bonds is 3. The van der Waals surface area contributed by atoms with Gasteiger partial charge >= 0.3 is 0 Å². The molecule has 14 heavy (non-hydrogen) atoms. The number of imidazole rings is 1. The first-order valence-electron chi connectivity index (χ1n) is 5.51. The van der Waals surface area contributed by atoms with Gasteiger partial charge in [0.05, 0.1) is 6.33 Å². The first kappa shape index (κ1) is 9.71. The first-order chi connectivity index (χ1) is 6.73. The summed E-state index contributed by atoms with van der Waals surface area (Å²) >= 11 is 0. The summed E-state index contributed by atoms with van der Waals surface area (Å²) in [7, 11) is 0. The highest BCUT2D eigenvalue weighted by atomic mass is 15.1. The highest BCUT2D eigenvalue weighted by Crippen LogP contribution is 2.28. The molecule has 0 spiro atoms. The van der Waals surface area contributed by atoms with Crippen LogP contribution in [0.1, 0.15) is 38.3 Å². The second kappa shape index (κ2) is 3.73. The van der Waals surface area contributed by atoms with Gasteiger partial charge in [-0.05, 0) is 19.3 Å². The van der Waals surface area contributed by atoms with Crippen LogP contribution in [0.5, 0.6) is 0 Å². The average molecular weight is 193 g/mol. The predicted molar refractivity (Wildman–Crippen MR) is 57.0 cm³/mol. The number of aromatic nitrogens is 2. The Hall–Kier alpha value is -0.830. The van der Waals surface area contributed by atoms with Gasteiger partial charge in [0, 0.05) is 24.0 Å². The van der Waals surface area contributed by atoms with Crippen LogP contribution < -0.4 is 5.73 Å². The molecule has 2 rings (SSSR count). The molecule has 1 aromatic heterocycles. The maximum Gasteiger partial charge on any atom is 0.0948 e. The van der Waals surface area contributed by atoms with Gasteiger partial charge in [0.1, 0.15) is 0 Å². The lowest BCUT2D eigenvalue weighted by molar-refractivity contribution is 0.368. The largest absolute Gasteiger partial charge is 0.333 e. The lowest BCUT2D eigenvalue weighted by Gasteiger charge is -2.24. The van der Waals surface area contributed by atoms with E-state index in [1.54, 1.807) is 0 Å². The minimum absolute atomic E-state index is 0.0324. The molecule has 0 atom stereocenters. The van der Waals surface area contributed by atoms with Crippen LogP contribution in [0.15, 0.2) is 12.5 Å². The summed E-state index contributed by atoms with van der Waals surface area (Å²) in [5.74, 6) is 0. The van der Waals surface area contributed by atoms with Gasteiger partial charge in [-0.3, -0.25) is 0 Å². The Bertz CT molecular complexity index is 297. The van der Waals surface area contributed by atoms with E-state index >= 15 is 0 Å². The van der Waals surface area contributed by atoms with Gasteiger partial charge in [-0.1, -0.05) is 19.8 Å². The first-order valence-corrected chi connectivity index (χ1v) is 5.51. The molecular weight excluding hydrogens is 174 g/mol. The molecule has 0 bridgehead atoms. The van der Waals surface area contributed by atoms with Crippen molar-refractivity contribution in [3.63, 3.8) is 0 Å². The molecule has 3 heteroatoms. The third-order valence-corrected chi connectivity index (χ3v) is 3.25. The van der Waals surface area contributed by atoms with E-state index in [4.69, 9.17) is 5.73 Å². The minimum Gasteiger partial charge on any atom is -0.333 e. The van der Waals surface area contributed by atoms with E-state index < -0.39 is 0 Å². The van der Waals surface area contributed by atoms with E-state index in [9.17, 15) is 0 Å². The number of aryl methyl sites for hydroxylation is 1. The molecule has 1 aliphatic carbocycles. The van der Waals surface area contributed by atoms with Crippen molar-refractivity contribution >= 4 is 0 Å². The van der Waals surface area contributed by atoms with Crippen LogP contribution in [0, 0.1) is 0 Å². The Morgan fingerprint density at radius 3 is 2.86 bits per heavy atom. The molecule has 78 valence electrons. The molecule has 0 radical (unpaired) electrons. The molecule has 0 unspecified atom stereocenters. The van der Waals surface area contributed by atoms with E-state index in [0.29, 0.717) is 0 Å². The third kappa shape index (κ3) is 1.82. The second-order valence-corrected chi connectivity index (χ2v) is 4.44. The highest BCUT2D eigenvalue weighted by molar-refractivity contribution is 5.01. The zero-order chi connectivity index (χ0) is 10.0. The van der Waals surface area contributed by atoms with Crippen LogP contribution in [-0.4, -0.2) is 15.1 Å². The monoisotopic (exact) mass is 193 g/mol. The molecule has 1 aliphatic rings. The van der Waals surface area contributed by atoms with Gasteiger partial charge in [0.15, 0.2) is 0 Å². The summed E-state index contributed by atoms with van der Waals surface area (Å²) in [6, 6.07) is 0. The van der Waals surface area contributed by atoms with Crippen LogP contribution in [0.25, 0.3) is 0 Å². The fraction of sp³-hybridized carbons (Fsp3) is 0.727. The van der Waals surface area contributed by atoms with E-state index in [2.05, 4.69) is 16.5 Å². The average Bonchev–Trinajstić information content (AvgIpc) is 2.75. The van der Waals surface area contributed by atoms with Gasteiger partial charge in [-0.15, -0.1) is 0 Å². The zero-order valence-electron chi connectivity index (χ0n) is 8.87. The van der Waals surface area contributed by atoms with Crippen molar-refractivity contribution in [3.05, 3.63) is 18.2 Å². The summed E-state index contributed by atoms with van der Waals surface area (Å²) in [5.41, 5.74) is 7.65. The molecule has 0 aromatic carbocycles. The Labute approximate surface area is 85.3 Å². The van der Waals surface area contributed by atoms with Gasteiger partial charge in [0.2, 0.25) is 0 Å². The smallest absolute Gasteiger partial charge is 0.0948 e. The zero-order valence-corrected chi connectivity index (χ0v) is 8.87. The SMILES string of the molecule is CCc1cncn1CC1(N)CCCC1. The van der Waals surface area contributed by atoms with Crippen LogP contribution in [0.4, 0.5) is 0 Å². The molecule has 3 nitrogen and oxygen atoms in total. The molecule has 1 heterocycles. The summed E-state index contributed by atoms with van der Waals surface area (Å²) in [6.45, 7) is 3.10. The second-order valence-electron chi connectivity index (χ2n) is 4.44. The summed E-state index contributed by atoms with van der Waals surface area (Å²) < 4.78 is 2.21. The van der Waals surface area contributed by atoms with E-state index in [1.165, 1.54) is 18.5 Å². The van der Waals surface area contributed by atoms with Crippen molar-refractivity contribution in [2.45, 2.75) is 51.1 Å². The van der Waals surface area contributed by atoms with Crippen molar-refractivity contribution in [1.82, 2.24) is 9.55 Å². The van der Waals surface area contributed by atoms with E-state index in [-0.39, 0.29) is 5.54 Å². The van der Waals surface area contributed by atoms with Crippen LogP contribution >= 0.6 is 0 Å². The Balaban J connectivity index is 2.09. The molecular formula is C11H19N3. The molecule has 1 saturated carbocycles. The Morgan fingerprint density at radius 1 is 1.50 bits per heavy atom. The van der Waals surface area contributed by atoms with Crippen molar-refractivity contribution in [2.24, 2.45) is 5.73 Å². The maximum atomic E-state index is 6.33. The van der Waals surface area contributed by atoms with Crippen molar-refractivity contribution < 1.29 is 0 Å². The number of hydrogen-bond acceptors (Lipinski definition) is 2. The summed E-state index contributed by atoms with van der Waals surface area (Å²) in [6.07, 6.45) is 9.78. The maximum absolute atomic E-state index is 6.33. The van der Waals surface area contributed by atoms with Crippen LogP contribution in [-0.2, 0) is 13.0 Å². The van der Waals surface area contributed by atoms with Crippen LogP contribution in [0.3, 0.4) is 0 Å². The van der Waals surface area contributed by atoms with Gasteiger partial charge in [0.25, 0.3) is 0 Å². The number of nitrogens with zero attached hydrogens (tertiary/aromatic N) is 2. The van der Waals surface area contributed by atoms with Gasteiger partial charge in [-0.2, -0.15) is 0 Å². The summed E-state index contributed by atoms with van der Waals surface area (Å²) in [5, 5.41) is 0. The van der Waals surface area contributed by atoms with Gasteiger partial charge in [-0.25, -0.2) is 4.98 Å². The van der Waals surface area contributed by atoms with Crippen molar-refractivity contribution in [1.29, 1.82) is 0 Å². The Morgan fingerprint density at radius 2 is 2.21 bits per heavy atom. The fourth-order valence-electron chi connectivity index (χ4n) is 2.36. The normalized spacial score (nSPS) is 20.1. The van der Waals surface area contributed by atoms with Crippen molar-refractivity contribution in [3.8, 4) is 0 Å². The fourth-order valence-corrected chi connectivity index (χ4v) is 2.36. The molecule has 2 N–H and O–H groups in total. The minimum atomic E-state index is 0.0324. The quantitative estimate of drug-likeness (QED) is 0.794. The van der Waals surface area contributed by atoms with Crippen molar-refractivity contribution in [2.75, 3.05) is 0 Å². The Kier molecular flexibility index (Phi) is 2.59. The molecule has 0 aliphatic heterocycles. The molecule has 1 fully saturated rings. The highest BCUT2D eigenvalue weighted by Gasteiger charge is 2.29. The van der Waals surface area contributed by atoms with Crippen LogP contribution in [0.2, 0.25) is 0 Å². The van der Waals surface area contributed by atoms with Gasteiger partial charge < -0.3 is 10.3 Å². The standard InChI is InChI=1S/C11H19N3/c1-2-10-7-13-9-14(10)8-11(12)5-3-4-6-11/h7,9H,2-6,8,12H2,1H3. The predicted octanol–water partition coefficient (Wildman–Crippen LogP) is 1.72. The topological polar surface area (TPSA) is 43.8 Å². The number of nitrogens with two attached hydrogens (primary N) is 1. The summed E-state index contributed by atoms with van der Waals surface area (Å²) in [4.78, 5) is 4.17. The molecule has 0 saturated heterocycles. The molecule has 0 amide bonds. The number of hydrogen-bond donors (Lipinski definition) is 1. The van der Waals surface area contributed by atoms with E-state index in [0.717, 1.165) is 25.8 Å². The lowest BCUT2D eigenvalue weighted by Crippen LogP contribution is -2.41. The third-order valence-electron chi connectivity index (χ3n) is 3.25. The van der Waals surface area contributed by atoms with E-state index in [1.807, 2.05) is 12.5 Å². The lowest BCUT2D eigenvalue weighted by atomic mass is 9.99. The molecule has 1 aromatic rings.